The van der Waals surface area contributed by atoms with Crippen LogP contribution in [0.15, 0.2) is 66.7 Å². The van der Waals surface area contributed by atoms with Crippen LogP contribution in [0.1, 0.15) is 47.8 Å². The quantitative estimate of drug-likeness (QED) is 0.441. The van der Waals surface area contributed by atoms with Crippen molar-refractivity contribution in [3.63, 3.8) is 0 Å². The molecule has 3 aromatic rings. The van der Waals surface area contributed by atoms with Gasteiger partial charge in [-0.15, -0.1) is 0 Å². The Hall–Kier alpha value is -3.48. The number of amides is 1. The predicted molar refractivity (Wildman–Crippen MR) is 122 cm³/mol. The molecule has 0 aliphatic rings. The minimum Gasteiger partial charge on any atom is -0.496 e. The van der Waals surface area contributed by atoms with Gasteiger partial charge in [0.05, 0.1) is 12.7 Å². The number of hydrogen-bond acceptors (Lipinski definition) is 3. The molecule has 7 heteroatoms. The van der Waals surface area contributed by atoms with Gasteiger partial charge in [0.15, 0.2) is 0 Å². The summed E-state index contributed by atoms with van der Waals surface area (Å²) < 4.78 is 50.3. The summed E-state index contributed by atoms with van der Waals surface area (Å²) in [5.41, 5.74) is 1.06. The lowest BCUT2D eigenvalue weighted by Gasteiger charge is -2.23. The Morgan fingerprint density at radius 2 is 1.64 bits per heavy atom. The normalized spacial score (nSPS) is 11.7. The van der Waals surface area contributed by atoms with Crippen molar-refractivity contribution in [1.29, 1.82) is 0 Å². The van der Waals surface area contributed by atoms with E-state index >= 15 is 0 Å². The van der Waals surface area contributed by atoms with E-state index in [1.807, 2.05) is 24.3 Å². The average Bonchev–Trinajstić information content (AvgIpc) is 2.76. The number of carbonyl (C=O) groups excluding carboxylic acids is 1. The van der Waals surface area contributed by atoms with Crippen LogP contribution in [0, 0.1) is 0 Å². The number of alkyl halides is 3. The fraction of sp³-hybridized carbons (Fsp3) is 0.269. The van der Waals surface area contributed by atoms with E-state index in [0.29, 0.717) is 11.3 Å². The maximum Gasteiger partial charge on any atom is 0.416 e. The first-order chi connectivity index (χ1) is 15.5. The molecular weight excluding hydrogens is 431 g/mol. The van der Waals surface area contributed by atoms with Crippen LogP contribution in [-0.4, -0.2) is 13.0 Å². The molecular formula is C26H26F3NO3. The van der Waals surface area contributed by atoms with E-state index < -0.39 is 17.6 Å². The number of para-hydroxylation sites is 1. The van der Waals surface area contributed by atoms with E-state index in [2.05, 4.69) is 26.1 Å². The van der Waals surface area contributed by atoms with Crippen LogP contribution in [0.4, 0.5) is 18.9 Å². The number of benzene rings is 3. The highest BCUT2D eigenvalue weighted by Gasteiger charge is 2.30. The van der Waals surface area contributed by atoms with Crippen molar-refractivity contribution in [1.82, 2.24) is 0 Å². The summed E-state index contributed by atoms with van der Waals surface area (Å²) in [5.74, 6) is 0.734. The van der Waals surface area contributed by atoms with Gasteiger partial charge in [-0.2, -0.15) is 13.2 Å². The predicted octanol–water partition coefficient (Wildman–Crippen LogP) is 6.84. The molecule has 4 nitrogen and oxygen atoms in total. The molecule has 0 saturated heterocycles. The Morgan fingerprint density at radius 1 is 0.909 bits per heavy atom. The van der Waals surface area contributed by atoms with Crippen molar-refractivity contribution >= 4 is 11.6 Å². The van der Waals surface area contributed by atoms with Crippen LogP contribution < -0.4 is 14.8 Å². The second kappa shape index (κ2) is 9.57. The highest BCUT2D eigenvalue weighted by atomic mass is 19.4. The average molecular weight is 457 g/mol. The highest BCUT2D eigenvalue weighted by molar-refractivity contribution is 6.04. The van der Waals surface area contributed by atoms with Crippen molar-refractivity contribution in [2.24, 2.45) is 0 Å². The standard InChI is InChI=1S/C26H26F3NO3/c1-25(2,3)21-10-5-6-11-23(21)33-16-18-14-17(12-13-22(18)32-4)24(31)30-20-9-7-8-19(15-20)26(27,28)29/h5-15H,16H2,1-4H3,(H,30,31). The minimum atomic E-state index is -4.49. The smallest absolute Gasteiger partial charge is 0.416 e. The van der Waals surface area contributed by atoms with E-state index in [1.54, 1.807) is 18.2 Å². The second-order valence-corrected chi connectivity index (χ2v) is 8.59. The number of hydrogen-bond donors (Lipinski definition) is 1. The molecule has 0 unspecified atom stereocenters. The third kappa shape index (κ3) is 6.06. The number of nitrogens with one attached hydrogen (secondary N) is 1. The molecule has 1 N–H and O–H groups in total. The molecule has 0 heterocycles. The lowest BCUT2D eigenvalue weighted by molar-refractivity contribution is -0.137. The fourth-order valence-corrected chi connectivity index (χ4v) is 3.38. The molecule has 3 rings (SSSR count). The van der Waals surface area contributed by atoms with Gasteiger partial charge in [0.25, 0.3) is 5.91 Å². The van der Waals surface area contributed by atoms with Crippen LogP contribution >= 0.6 is 0 Å². The first-order valence-electron chi connectivity index (χ1n) is 10.4. The summed E-state index contributed by atoms with van der Waals surface area (Å²) in [6.45, 7) is 6.43. The molecule has 0 spiro atoms. The summed E-state index contributed by atoms with van der Waals surface area (Å²) in [7, 11) is 1.52. The topological polar surface area (TPSA) is 47.6 Å². The van der Waals surface area contributed by atoms with Crippen molar-refractivity contribution in [2.45, 2.75) is 39.0 Å². The van der Waals surface area contributed by atoms with Gasteiger partial charge in [0.1, 0.15) is 18.1 Å². The van der Waals surface area contributed by atoms with Crippen molar-refractivity contribution in [3.8, 4) is 11.5 Å². The molecule has 1 amide bonds. The number of ether oxygens (including phenoxy) is 2. The molecule has 0 saturated carbocycles. The molecule has 0 aliphatic carbocycles. The first kappa shape index (κ1) is 24.2. The monoisotopic (exact) mass is 457 g/mol. The van der Waals surface area contributed by atoms with Crippen LogP contribution in [0.5, 0.6) is 11.5 Å². The number of rotatable bonds is 6. The maximum atomic E-state index is 13.0. The lowest BCUT2D eigenvalue weighted by atomic mass is 9.86. The Morgan fingerprint density at radius 3 is 2.30 bits per heavy atom. The third-order valence-electron chi connectivity index (χ3n) is 5.07. The van der Waals surface area contributed by atoms with E-state index in [-0.39, 0.29) is 23.3 Å². The number of methoxy groups -OCH3 is 1. The maximum absolute atomic E-state index is 13.0. The van der Waals surface area contributed by atoms with E-state index in [4.69, 9.17) is 9.47 Å². The van der Waals surface area contributed by atoms with Gasteiger partial charge in [-0.3, -0.25) is 4.79 Å². The zero-order valence-electron chi connectivity index (χ0n) is 18.9. The highest BCUT2D eigenvalue weighted by Crippen LogP contribution is 2.33. The molecule has 0 radical (unpaired) electrons. The van der Waals surface area contributed by atoms with E-state index in [1.165, 1.54) is 19.2 Å². The van der Waals surface area contributed by atoms with Crippen LogP contribution in [0.25, 0.3) is 0 Å². The van der Waals surface area contributed by atoms with Crippen LogP contribution in [-0.2, 0) is 18.2 Å². The fourth-order valence-electron chi connectivity index (χ4n) is 3.38. The minimum absolute atomic E-state index is 0.0579. The van der Waals surface area contributed by atoms with Crippen LogP contribution in [0.3, 0.4) is 0 Å². The molecule has 0 atom stereocenters. The zero-order valence-corrected chi connectivity index (χ0v) is 18.9. The second-order valence-electron chi connectivity index (χ2n) is 8.59. The Kier molecular flexibility index (Phi) is 7.01. The summed E-state index contributed by atoms with van der Waals surface area (Å²) in [4.78, 5) is 12.7. The summed E-state index contributed by atoms with van der Waals surface area (Å²) in [5, 5.41) is 2.52. The van der Waals surface area contributed by atoms with Gasteiger partial charge >= 0.3 is 6.18 Å². The summed E-state index contributed by atoms with van der Waals surface area (Å²) in [6.07, 6.45) is -4.49. The molecule has 0 fully saturated rings. The SMILES string of the molecule is COc1ccc(C(=O)Nc2cccc(C(F)(F)F)c2)cc1COc1ccccc1C(C)(C)C. The third-order valence-corrected chi connectivity index (χ3v) is 5.07. The lowest BCUT2D eigenvalue weighted by Crippen LogP contribution is -2.15. The van der Waals surface area contributed by atoms with Crippen molar-refractivity contribution in [3.05, 3.63) is 89.0 Å². The van der Waals surface area contributed by atoms with E-state index in [0.717, 1.165) is 23.4 Å². The largest absolute Gasteiger partial charge is 0.496 e. The zero-order chi connectivity index (χ0) is 24.2. The van der Waals surface area contributed by atoms with Gasteiger partial charge in [0, 0.05) is 16.8 Å². The molecule has 0 bridgehead atoms. The van der Waals surface area contributed by atoms with Crippen molar-refractivity contribution < 1.29 is 27.4 Å². The van der Waals surface area contributed by atoms with Crippen molar-refractivity contribution in [2.75, 3.05) is 12.4 Å². The summed E-state index contributed by atoms with van der Waals surface area (Å²) in [6, 6.07) is 17.0. The van der Waals surface area contributed by atoms with Gasteiger partial charge < -0.3 is 14.8 Å². The molecule has 0 aliphatic heterocycles. The Bertz CT molecular complexity index is 1130. The van der Waals surface area contributed by atoms with Crippen LogP contribution in [0.2, 0.25) is 0 Å². The van der Waals surface area contributed by atoms with Gasteiger partial charge in [0.2, 0.25) is 0 Å². The number of halogens is 3. The molecule has 33 heavy (non-hydrogen) atoms. The molecule has 3 aromatic carbocycles. The van der Waals surface area contributed by atoms with E-state index in [9.17, 15) is 18.0 Å². The summed E-state index contributed by atoms with van der Waals surface area (Å²) >= 11 is 0. The number of anilines is 1. The molecule has 0 aromatic heterocycles. The van der Waals surface area contributed by atoms with Gasteiger partial charge in [-0.05, 0) is 53.4 Å². The first-order valence-corrected chi connectivity index (χ1v) is 10.4. The Labute approximate surface area is 191 Å². The van der Waals surface area contributed by atoms with Gasteiger partial charge in [-0.1, -0.05) is 45.0 Å². The molecule has 174 valence electrons. The number of carbonyl (C=O) groups is 1. The van der Waals surface area contributed by atoms with Gasteiger partial charge in [-0.25, -0.2) is 0 Å². The Balaban J connectivity index is 1.81.